The molecule has 1 atom stereocenters. The van der Waals surface area contributed by atoms with Crippen molar-refractivity contribution in [2.75, 3.05) is 60.2 Å². The molecule has 1 aliphatic rings. The lowest BCUT2D eigenvalue weighted by Gasteiger charge is -2.38. The van der Waals surface area contributed by atoms with Crippen LogP contribution in [0.25, 0.3) is 0 Å². The summed E-state index contributed by atoms with van der Waals surface area (Å²) in [5.41, 5.74) is 0.418. The Labute approximate surface area is 112 Å². The van der Waals surface area contributed by atoms with Crippen LogP contribution in [0.4, 0.5) is 0 Å². The maximum atomic E-state index is 5.21. The van der Waals surface area contributed by atoms with Gasteiger partial charge in [0.2, 0.25) is 0 Å². The maximum absolute atomic E-state index is 5.21. The minimum absolute atomic E-state index is 0.418. The second kappa shape index (κ2) is 8.10. The van der Waals surface area contributed by atoms with E-state index in [1.807, 2.05) is 0 Å². The van der Waals surface area contributed by atoms with E-state index in [0.29, 0.717) is 11.3 Å². The number of nitrogens with zero attached hydrogens (tertiary/aromatic N) is 1. The van der Waals surface area contributed by atoms with Gasteiger partial charge in [0.15, 0.2) is 0 Å². The smallest absolute Gasteiger partial charge is 0.0589 e. The second-order valence-corrected chi connectivity index (χ2v) is 5.71. The second-order valence-electron chi connectivity index (χ2n) is 5.71. The highest BCUT2D eigenvalue weighted by Crippen LogP contribution is 2.34. The molecule has 1 fully saturated rings. The molecule has 1 N–H and O–H groups in total. The standard InChI is InChI=1S/C14H30N2O2/c1-13(2)14(5-6-15-11-14)12-16(7-9-17-3)8-10-18-4/h13,15H,5-12H2,1-4H3. The first-order chi connectivity index (χ1) is 8.64. The zero-order chi connectivity index (χ0) is 13.4. The van der Waals surface area contributed by atoms with Gasteiger partial charge in [-0.15, -0.1) is 0 Å². The Morgan fingerprint density at radius 2 is 1.78 bits per heavy atom. The Bertz CT molecular complexity index is 208. The first-order valence-corrected chi connectivity index (χ1v) is 7.05. The van der Waals surface area contributed by atoms with Gasteiger partial charge >= 0.3 is 0 Å². The number of nitrogens with one attached hydrogen (secondary N) is 1. The molecule has 108 valence electrons. The molecule has 0 bridgehead atoms. The molecule has 0 aliphatic carbocycles. The van der Waals surface area contributed by atoms with Gasteiger partial charge in [-0.1, -0.05) is 13.8 Å². The molecule has 0 aromatic carbocycles. The van der Waals surface area contributed by atoms with Gasteiger partial charge in [0.1, 0.15) is 0 Å². The summed E-state index contributed by atoms with van der Waals surface area (Å²) < 4.78 is 10.4. The van der Waals surface area contributed by atoms with Crippen molar-refractivity contribution >= 4 is 0 Å². The van der Waals surface area contributed by atoms with Crippen LogP contribution in [0, 0.1) is 11.3 Å². The van der Waals surface area contributed by atoms with Crippen LogP contribution in [-0.4, -0.2) is 65.1 Å². The predicted molar refractivity (Wildman–Crippen MR) is 74.9 cm³/mol. The first-order valence-electron chi connectivity index (χ1n) is 7.05. The van der Waals surface area contributed by atoms with Crippen LogP contribution in [0.2, 0.25) is 0 Å². The van der Waals surface area contributed by atoms with Crippen molar-refractivity contribution in [1.82, 2.24) is 10.2 Å². The molecular weight excluding hydrogens is 228 g/mol. The van der Waals surface area contributed by atoms with Crippen molar-refractivity contribution in [2.24, 2.45) is 11.3 Å². The SMILES string of the molecule is COCCN(CCOC)CC1(C(C)C)CCNC1. The highest BCUT2D eigenvalue weighted by Gasteiger charge is 2.38. The summed E-state index contributed by atoms with van der Waals surface area (Å²) >= 11 is 0. The molecule has 1 saturated heterocycles. The van der Waals surface area contributed by atoms with E-state index >= 15 is 0 Å². The third-order valence-electron chi connectivity index (χ3n) is 4.26. The van der Waals surface area contributed by atoms with E-state index in [2.05, 4.69) is 24.1 Å². The Morgan fingerprint density at radius 1 is 1.17 bits per heavy atom. The van der Waals surface area contributed by atoms with Gasteiger partial charge < -0.3 is 14.8 Å². The largest absolute Gasteiger partial charge is 0.383 e. The van der Waals surface area contributed by atoms with Crippen LogP contribution in [0.1, 0.15) is 20.3 Å². The monoisotopic (exact) mass is 258 g/mol. The first kappa shape index (κ1) is 15.9. The average Bonchev–Trinajstić information content (AvgIpc) is 2.82. The number of ether oxygens (including phenoxy) is 2. The molecule has 4 nitrogen and oxygen atoms in total. The Balaban J connectivity index is 2.55. The normalized spacial score (nSPS) is 24.3. The van der Waals surface area contributed by atoms with Crippen LogP contribution in [0.15, 0.2) is 0 Å². The lowest BCUT2D eigenvalue weighted by atomic mass is 9.76. The predicted octanol–water partition coefficient (Wildman–Crippen LogP) is 1.22. The van der Waals surface area contributed by atoms with E-state index in [-0.39, 0.29) is 0 Å². The van der Waals surface area contributed by atoms with Crippen molar-refractivity contribution in [1.29, 1.82) is 0 Å². The fourth-order valence-electron chi connectivity index (χ4n) is 2.73. The van der Waals surface area contributed by atoms with E-state index in [1.54, 1.807) is 14.2 Å². The highest BCUT2D eigenvalue weighted by molar-refractivity contribution is 4.92. The summed E-state index contributed by atoms with van der Waals surface area (Å²) in [4.78, 5) is 2.49. The lowest BCUT2D eigenvalue weighted by Crippen LogP contribution is -2.44. The van der Waals surface area contributed by atoms with Gasteiger partial charge in [0.05, 0.1) is 13.2 Å². The van der Waals surface area contributed by atoms with Crippen LogP contribution in [0.5, 0.6) is 0 Å². The summed E-state index contributed by atoms with van der Waals surface area (Å²) in [7, 11) is 3.54. The minimum Gasteiger partial charge on any atom is -0.383 e. The zero-order valence-electron chi connectivity index (χ0n) is 12.5. The molecule has 0 aromatic heterocycles. The summed E-state index contributed by atoms with van der Waals surface area (Å²) in [6.07, 6.45) is 1.28. The maximum Gasteiger partial charge on any atom is 0.0589 e. The zero-order valence-corrected chi connectivity index (χ0v) is 12.5. The van der Waals surface area contributed by atoms with E-state index in [9.17, 15) is 0 Å². The van der Waals surface area contributed by atoms with Gasteiger partial charge in [0.25, 0.3) is 0 Å². The van der Waals surface area contributed by atoms with Crippen LogP contribution < -0.4 is 5.32 Å². The highest BCUT2D eigenvalue weighted by atomic mass is 16.5. The fraction of sp³-hybridized carbons (Fsp3) is 1.00. The van der Waals surface area contributed by atoms with Gasteiger partial charge in [-0.3, -0.25) is 4.90 Å². The molecule has 1 rings (SSSR count). The van der Waals surface area contributed by atoms with Crippen LogP contribution >= 0.6 is 0 Å². The summed E-state index contributed by atoms with van der Waals surface area (Å²) in [5, 5.41) is 3.52. The molecule has 0 amide bonds. The topological polar surface area (TPSA) is 33.7 Å². The number of methoxy groups -OCH3 is 2. The van der Waals surface area contributed by atoms with Gasteiger partial charge in [-0.2, -0.15) is 0 Å². The van der Waals surface area contributed by atoms with Crippen molar-refractivity contribution in [3.05, 3.63) is 0 Å². The Kier molecular flexibility index (Phi) is 7.15. The summed E-state index contributed by atoms with van der Waals surface area (Å²) in [5.74, 6) is 0.708. The van der Waals surface area contributed by atoms with Gasteiger partial charge in [-0.05, 0) is 24.3 Å². The van der Waals surface area contributed by atoms with Crippen molar-refractivity contribution in [3.63, 3.8) is 0 Å². The van der Waals surface area contributed by atoms with Crippen molar-refractivity contribution in [2.45, 2.75) is 20.3 Å². The van der Waals surface area contributed by atoms with E-state index in [0.717, 1.165) is 45.9 Å². The molecule has 4 heteroatoms. The molecule has 0 spiro atoms. The van der Waals surface area contributed by atoms with Gasteiger partial charge in [0, 0.05) is 40.4 Å². The third-order valence-corrected chi connectivity index (χ3v) is 4.26. The molecule has 0 aromatic rings. The summed E-state index contributed by atoms with van der Waals surface area (Å²) in [6.45, 7) is 11.7. The number of hydrogen-bond donors (Lipinski definition) is 1. The lowest BCUT2D eigenvalue weighted by molar-refractivity contribution is 0.0666. The van der Waals surface area contributed by atoms with Crippen molar-refractivity contribution in [3.8, 4) is 0 Å². The van der Waals surface area contributed by atoms with Crippen molar-refractivity contribution < 1.29 is 9.47 Å². The Morgan fingerprint density at radius 3 is 2.17 bits per heavy atom. The van der Waals surface area contributed by atoms with Crippen LogP contribution in [0.3, 0.4) is 0 Å². The number of rotatable bonds is 9. The summed E-state index contributed by atoms with van der Waals surface area (Å²) in [6, 6.07) is 0. The molecule has 0 radical (unpaired) electrons. The molecule has 1 heterocycles. The minimum atomic E-state index is 0.418. The Hall–Kier alpha value is -0.160. The fourth-order valence-corrected chi connectivity index (χ4v) is 2.73. The van der Waals surface area contributed by atoms with E-state index in [1.165, 1.54) is 6.42 Å². The molecule has 18 heavy (non-hydrogen) atoms. The van der Waals surface area contributed by atoms with E-state index < -0.39 is 0 Å². The molecule has 1 aliphatic heterocycles. The quantitative estimate of drug-likeness (QED) is 0.674. The molecule has 1 unspecified atom stereocenters. The third kappa shape index (κ3) is 4.50. The average molecular weight is 258 g/mol. The van der Waals surface area contributed by atoms with E-state index in [4.69, 9.17) is 9.47 Å². The van der Waals surface area contributed by atoms with Crippen LogP contribution in [-0.2, 0) is 9.47 Å². The molecule has 0 saturated carbocycles. The van der Waals surface area contributed by atoms with Gasteiger partial charge in [-0.25, -0.2) is 0 Å². The molecular formula is C14H30N2O2. The number of hydrogen-bond acceptors (Lipinski definition) is 4.